The van der Waals surface area contributed by atoms with E-state index in [1.54, 1.807) is 6.07 Å². The van der Waals surface area contributed by atoms with Crippen LogP contribution in [0, 0.1) is 11.3 Å². The maximum absolute atomic E-state index is 11.9. The van der Waals surface area contributed by atoms with Crippen LogP contribution in [0.4, 0.5) is 0 Å². The maximum Gasteiger partial charge on any atom is 0.243 e. The number of β-amino-alcohol motifs (C(OH)–C–C–N with tert-alkyl or cyclic N) is 1. The fourth-order valence-electron chi connectivity index (χ4n) is 1.49. The highest BCUT2D eigenvalue weighted by Crippen LogP contribution is 2.21. The maximum atomic E-state index is 11.9. The highest BCUT2D eigenvalue weighted by atomic mass is 32.2. The van der Waals surface area contributed by atoms with Crippen LogP contribution in [-0.2, 0) is 10.0 Å². The van der Waals surface area contributed by atoms with Crippen LogP contribution in [0.1, 0.15) is 5.56 Å². The number of hydrogen-bond acceptors (Lipinski definition) is 4. The van der Waals surface area contributed by atoms with Gasteiger partial charge in [-0.15, -0.1) is 0 Å². The monoisotopic (exact) mass is 238 g/mol. The van der Waals surface area contributed by atoms with E-state index in [-0.39, 0.29) is 18.0 Å². The Morgan fingerprint density at radius 1 is 1.44 bits per heavy atom. The van der Waals surface area contributed by atoms with Gasteiger partial charge in [0.1, 0.15) is 0 Å². The van der Waals surface area contributed by atoms with Crippen LogP contribution < -0.4 is 0 Å². The van der Waals surface area contributed by atoms with Crippen molar-refractivity contribution in [2.75, 3.05) is 13.1 Å². The lowest BCUT2D eigenvalue weighted by Gasteiger charge is -2.34. The predicted octanol–water partition coefficient (Wildman–Crippen LogP) is -0.0765. The van der Waals surface area contributed by atoms with E-state index in [0.717, 1.165) is 0 Å². The number of nitrogens with zero attached hydrogens (tertiary/aromatic N) is 2. The van der Waals surface area contributed by atoms with Crippen molar-refractivity contribution in [3.8, 4) is 6.07 Å². The van der Waals surface area contributed by atoms with E-state index in [1.165, 1.54) is 22.5 Å². The van der Waals surface area contributed by atoms with E-state index < -0.39 is 16.1 Å². The second kappa shape index (κ2) is 3.87. The zero-order valence-electron chi connectivity index (χ0n) is 8.37. The summed E-state index contributed by atoms with van der Waals surface area (Å²) in [7, 11) is -3.55. The summed E-state index contributed by atoms with van der Waals surface area (Å²) in [5, 5.41) is 17.8. The quantitative estimate of drug-likeness (QED) is 0.781. The number of aliphatic hydroxyl groups excluding tert-OH is 1. The van der Waals surface area contributed by atoms with Crippen LogP contribution in [0.5, 0.6) is 0 Å². The largest absolute Gasteiger partial charge is 0.390 e. The van der Waals surface area contributed by atoms with Gasteiger partial charge in [-0.05, 0) is 18.2 Å². The fourth-order valence-corrected chi connectivity index (χ4v) is 3.05. The average molecular weight is 238 g/mol. The van der Waals surface area contributed by atoms with Gasteiger partial charge in [-0.1, -0.05) is 6.07 Å². The highest BCUT2D eigenvalue weighted by molar-refractivity contribution is 7.89. The van der Waals surface area contributed by atoms with Crippen molar-refractivity contribution in [3.63, 3.8) is 0 Å². The van der Waals surface area contributed by atoms with E-state index >= 15 is 0 Å². The second-order valence-electron chi connectivity index (χ2n) is 3.62. The molecule has 0 bridgehead atoms. The lowest BCUT2D eigenvalue weighted by Crippen LogP contribution is -2.53. The summed E-state index contributed by atoms with van der Waals surface area (Å²) in [5.74, 6) is 0. The third-order valence-electron chi connectivity index (χ3n) is 2.43. The molecule has 1 fully saturated rings. The molecule has 0 saturated carbocycles. The van der Waals surface area contributed by atoms with E-state index in [2.05, 4.69) is 0 Å². The molecule has 1 aromatic rings. The Bertz CT molecular complexity index is 541. The molecule has 0 atom stereocenters. The minimum atomic E-state index is -3.55. The van der Waals surface area contributed by atoms with Crippen LogP contribution >= 0.6 is 0 Å². The smallest absolute Gasteiger partial charge is 0.243 e. The molecule has 1 heterocycles. The molecule has 16 heavy (non-hydrogen) atoms. The van der Waals surface area contributed by atoms with Crippen LogP contribution in [-0.4, -0.2) is 37.0 Å². The molecule has 0 aliphatic carbocycles. The summed E-state index contributed by atoms with van der Waals surface area (Å²) in [6.45, 7) is 0.248. The molecule has 1 saturated heterocycles. The first-order valence-electron chi connectivity index (χ1n) is 4.72. The van der Waals surface area contributed by atoms with Gasteiger partial charge in [-0.2, -0.15) is 9.57 Å². The zero-order chi connectivity index (χ0) is 11.8. The normalized spacial score (nSPS) is 17.8. The first-order chi connectivity index (χ1) is 7.54. The van der Waals surface area contributed by atoms with Crippen molar-refractivity contribution in [2.24, 2.45) is 0 Å². The molecular formula is C10H10N2O3S. The highest BCUT2D eigenvalue weighted by Gasteiger charge is 2.35. The number of benzene rings is 1. The van der Waals surface area contributed by atoms with E-state index in [0.29, 0.717) is 5.56 Å². The molecule has 0 radical (unpaired) electrons. The van der Waals surface area contributed by atoms with Crippen LogP contribution in [0.15, 0.2) is 29.2 Å². The second-order valence-corrected chi connectivity index (χ2v) is 5.55. The van der Waals surface area contributed by atoms with Crippen LogP contribution in [0.25, 0.3) is 0 Å². The van der Waals surface area contributed by atoms with Crippen molar-refractivity contribution in [1.29, 1.82) is 5.26 Å². The molecule has 84 valence electrons. The van der Waals surface area contributed by atoms with E-state index in [9.17, 15) is 8.42 Å². The van der Waals surface area contributed by atoms with Gasteiger partial charge in [-0.3, -0.25) is 0 Å². The molecule has 2 rings (SSSR count). The molecule has 1 aliphatic heterocycles. The van der Waals surface area contributed by atoms with Gasteiger partial charge < -0.3 is 5.11 Å². The van der Waals surface area contributed by atoms with Gasteiger partial charge in [0.15, 0.2) is 0 Å². The number of rotatable bonds is 2. The summed E-state index contributed by atoms with van der Waals surface area (Å²) in [4.78, 5) is 0.0958. The number of nitriles is 1. The minimum absolute atomic E-state index is 0.0958. The Kier molecular flexibility index (Phi) is 2.68. The third kappa shape index (κ3) is 1.80. The molecular weight excluding hydrogens is 228 g/mol. The Labute approximate surface area is 93.6 Å². The van der Waals surface area contributed by atoms with Crippen molar-refractivity contribution in [2.45, 2.75) is 11.0 Å². The molecule has 6 heteroatoms. The number of hydrogen-bond donors (Lipinski definition) is 1. The van der Waals surface area contributed by atoms with E-state index in [1.807, 2.05) is 6.07 Å². The van der Waals surface area contributed by atoms with Crippen molar-refractivity contribution >= 4 is 10.0 Å². The standard InChI is InChI=1S/C10H10N2O3S/c11-5-8-2-1-3-10(4-8)16(14,15)12-6-9(13)7-12/h1-4,9,13H,6-7H2. The molecule has 1 aromatic carbocycles. The fraction of sp³-hybridized carbons (Fsp3) is 0.300. The average Bonchev–Trinajstić information content (AvgIpc) is 2.25. The Morgan fingerprint density at radius 3 is 2.69 bits per heavy atom. The van der Waals surface area contributed by atoms with Crippen LogP contribution in [0.3, 0.4) is 0 Å². The summed E-state index contributed by atoms with van der Waals surface area (Å²) in [6.07, 6.45) is -0.575. The Balaban J connectivity index is 2.33. The number of aliphatic hydroxyl groups is 1. The molecule has 0 amide bonds. The summed E-state index contributed by atoms with van der Waals surface area (Å²) < 4.78 is 25.1. The van der Waals surface area contributed by atoms with Crippen LogP contribution in [0.2, 0.25) is 0 Å². The Hall–Kier alpha value is -1.42. The Morgan fingerprint density at radius 2 is 2.12 bits per heavy atom. The SMILES string of the molecule is N#Cc1cccc(S(=O)(=O)N2CC(O)C2)c1. The first kappa shape index (κ1) is 11.1. The predicted molar refractivity (Wildman–Crippen MR) is 55.9 cm³/mol. The third-order valence-corrected chi connectivity index (χ3v) is 4.26. The minimum Gasteiger partial charge on any atom is -0.390 e. The van der Waals surface area contributed by atoms with Gasteiger partial charge >= 0.3 is 0 Å². The lowest BCUT2D eigenvalue weighted by atomic mass is 10.2. The molecule has 0 spiro atoms. The van der Waals surface area contributed by atoms with Gasteiger partial charge in [0.25, 0.3) is 0 Å². The van der Waals surface area contributed by atoms with Gasteiger partial charge in [0.2, 0.25) is 10.0 Å². The topological polar surface area (TPSA) is 81.4 Å². The number of sulfonamides is 1. The molecule has 0 unspecified atom stereocenters. The molecule has 1 N–H and O–H groups in total. The lowest BCUT2D eigenvalue weighted by molar-refractivity contribution is 0.0548. The van der Waals surface area contributed by atoms with Gasteiger partial charge in [-0.25, -0.2) is 8.42 Å². The van der Waals surface area contributed by atoms with E-state index in [4.69, 9.17) is 10.4 Å². The van der Waals surface area contributed by atoms with Gasteiger partial charge in [0.05, 0.1) is 22.6 Å². The molecule has 1 aliphatic rings. The zero-order valence-corrected chi connectivity index (χ0v) is 9.18. The first-order valence-corrected chi connectivity index (χ1v) is 6.16. The molecule has 5 nitrogen and oxygen atoms in total. The summed E-state index contributed by atoms with van der Waals surface area (Å²) in [6, 6.07) is 7.74. The van der Waals surface area contributed by atoms with Crippen molar-refractivity contribution < 1.29 is 13.5 Å². The van der Waals surface area contributed by atoms with Crippen molar-refractivity contribution in [3.05, 3.63) is 29.8 Å². The van der Waals surface area contributed by atoms with Gasteiger partial charge in [0, 0.05) is 13.1 Å². The summed E-state index contributed by atoms with van der Waals surface area (Å²) >= 11 is 0. The molecule has 0 aromatic heterocycles. The van der Waals surface area contributed by atoms with Crippen molar-refractivity contribution in [1.82, 2.24) is 4.31 Å². The summed E-state index contributed by atoms with van der Waals surface area (Å²) in [5.41, 5.74) is 0.308.